The number of carbonyl (C=O) groups is 2. The Labute approximate surface area is 197 Å². The number of hydrogen-bond acceptors (Lipinski definition) is 3. The fraction of sp³-hybridized carbons (Fsp3) is 0.440. The van der Waals surface area contributed by atoms with Crippen LogP contribution < -0.4 is 4.90 Å². The molecule has 0 bridgehead atoms. The van der Waals surface area contributed by atoms with Crippen molar-refractivity contribution in [2.75, 3.05) is 37.6 Å². The third-order valence-electron chi connectivity index (χ3n) is 6.47. The maximum absolute atomic E-state index is 14.2. The lowest BCUT2D eigenvalue weighted by Crippen LogP contribution is -2.51. The number of carbonyl (C=O) groups excluding carboxylic acids is 2. The lowest BCUT2D eigenvalue weighted by molar-refractivity contribution is -0.120. The largest absolute Gasteiger partial charge is 0.338 e. The number of piperidine rings is 2. The second kappa shape index (κ2) is 10.6. The lowest BCUT2D eigenvalue weighted by Gasteiger charge is -2.39. The smallest absolute Gasteiger partial charge is 0.256 e. The van der Waals surface area contributed by atoms with Crippen LogP contribution in [-0.2, 0) is 4.79 Å². The summed E-state index contributed by atoms with van der Waals surface area (Å²) in [6.07, 6.45) is 4.55. The lowest BCUT2D eigenvalue weighted by atomic mass is 10.0. The van der Waals surface area contributed by atoms with E-state index in [2.05, 4.69) is 4.90 Å². The van der Waals surface area contributed by atoms with Crippen molar-refractivity contribution in [2.45, 2.75) is 38.1 Å². The number of anilines is 1. The van der Waals surface area contributed by atoms with Gasteiger partial charge in [-0.2, -0.15) is 0 Å². The summed E-state index contributed by atoms with van der Waals surface area (Å²) in [5, 5.41) is -0.353. The number of hydrogen-bond donors (Lipinski definition) is 0. The molecule has 2 saturated heterocycles. The molecule has 176 valence electrons. The highest BCUT2D eigenvalue weighted by Crippen LogP contribution is 2.27. The molecule has 0 saturated carbocycles. The van der Waals surface area contributed by atoms with Gasteiger partial charge in [0.15, 0.2) is 0 Å². The molecule has 0 N–H and O–H groups in total. The molecule has 0 radical (unpaired) electrons. The van der Waals surface area contributed by atoms with Crippen LogP contribution in [0.3, 0.4) is 0 Å². The Morgan fingerprint density at radius 3 is 2.27 bits per heavy atom. The van der Waals surface area contributed by atoms with Crippen LogP contribution in [0.5, 0.6) is 0 Å². The molecule has 2 aliphatic heterocycles. The second-order valence-electron chi connectivity index (χ2n) is 8.71. The molecule has 2 aromatic rings. The summed E-state index contributed by atoms with van der Waals surface area (Å²) in [4.78, 5) is 31.8. The van der Waals surface area contributed by atoms with Crippen molar-refractivity contribution in [2.24, 2.45) is 0 Å². The first-order chi connectivity index (χ1) is 15.9. The molecule has 2 amide bonds. The van der Waals surface area contributed by atoms with Gasteiger partial charge in [-0.15, -0.1) is 0 Å². The van der Waals surface area contributed by atoms with Crippen molar-refractivity contribution in [1.29, 1.82) is 0 Å². The molecule has 8 heteroatoms. The fourth-order valence-corrected chi connectivity index (χ4v) is 4.87. The highest BCUT2D eigenvalue weighted by Gasteiger charge is 2.32. The Morgan fingerprint density at radius 2 is 1.61 bits per heavy atom. The van der Waals surface area contributed by atoms with Gasteiger partial charge in [0.05, 0.1) is 17.1 Å². The maximum Gasteiger partial charge on any atom is 0.256 e. The predicted octanol–water partition coefficient (Wildman–Crippen LogP) is 4.74. The Bertz CT molecular complexity index is 991. The van der Waals surface area contributed by atoms with E-state index in [-0.39, 0.29) is 22.5 Å². The van der Waals surface area contributed by atoms with E-state index in [9.17, 15) is 18.4 Å². The van der Waals surface area contributed by atoms with Gasteiger partial charge in [0.1, 0.15) is 11.6 Å². The van der Waals surface area contributed by atoms with Crippen LogP contribution in [0, 0.1) is 11.6 Å². The van der Waals surface area contributed by atoms with Crippen LogP contribution in [0.1, 0.15) is 42.5 Å². The van der Waals surface area contributed by atoms with Crippen LogP contribution in [0.15, 0.2) is 42.5 Å². The summed E-state index contributed by atoms with van der Waals surface area (Å²) in [7, 11) is 0. The van der Waals surface area contributed by atoms with E-state index < -0.39 is 17.5 Å². The molecule has 2 aliphatic rings. The van der Waals surface area contributed by atoms with Crippen LogP contribution >= 0.6 is 11.6 Å². The molecule has 2 heterocycles. The third kappa shape index (κ3) is 5.53. The molecule has 0 unspecified atom stereocenters. The first-order valence-electron chi connectivity index (χ1n) is 11.5. The van der Waals surface area contributed by atoms with Crippen molar-refractivity contribution in [3.05, 3.63) is 64.7 Å². The normalized spacial score (nSPS) is 17.7. The number of likely N-dealkylation sites (tertiary alicyclic amines) is 2. The topological polar surface area (TPSA) is 43.9 Å². The first kappa shape index (κ1) is 23.6. The molecule has 2 aromatic carbocycles. The van der Waals surface area contributed by atoms with Crippen molar-refractivity contribution in [3.8, 4) is 0 Å². The molecule has 5 nitrogen and oxygen atoms in total. The Morgan fingerprint density at radius 1 is 0.939 bits per heavy atom. The van der Waals surface area contributed by atoms with Crippen LogP contribution in [-0.4, -0.2) is 60.4 Å². The Balaban J connectivity index is 1.46. The van der Waals surface area contributed by atoms with Crippen molar-refractivity contribution in [1.82, 2.24) is 9.80 Å². The predicted molar refractivity (Wildman–Crippen MR) is 125 cm³/mol. The number of halogens is 3. The van der Waals surface area contributed by atoms with E-state index in [1.165, 1.54) is 11.3 Å². The summed E-state index contributed by atoms with van der Waals surface area (Å²) in [6, 6.07) is 11.2. The minimum Gasteiger partial charge on any atom is -0.338 e. The summed E-state index contributed by atoms with van der Waals surface area (Å²) in [5.74, 6) is -2.17. The molecule has 4 rings (SSSR count). The summed E-state index contributed by atoms with van der Waals surface area (Å²) < 4.78 is 28.0. The third-order valence-corrected chi connectivity index (χ3v) is 6.76. The molecular formula is C25H28ClF2N3O2. The number of amides is 2. The van der Waals surface area contributed by atoms with Crippen LogP contribution in [0.25, 0.3) is 0 Å². The molecule has 0 aliphatic carbocycles. The van der Waals surface area contributed by atoms with E-state index in [4.69, 9.17) is 11.6 Å². The van der Waals surface area contributed by atoms with Gasteiger partial charge in [-0.25, -0.2) is 8.78 Å². The quantitative estimate of drug-likeness (QED) is 0.586. The Kier molecular flexibility index (Phi) is 7.60. The molecule has 33 heavy (non-hydrogen) atoms. The summed E-state index contributed by atoms with van der Waals surface area (Å²) in [5.41, 5.74) is 0.520. The van der Waals surface area contributed by atoms with Gasteiger partial charge in [0.25, 0.3) is 5.91 Å². The summed E-state index contributed by atoms with van der Waals surface area (Å²) in [6.45, 7) is 2.96. The van der Waals surface area contributed by atoms with E-state index in [1.54, 1.807) is 0 Å². The highest BCUT2D eigenvalue weighted by atomic mass is 35.5. The summed E-state index contributed by atoms with van der Waals surface area (Å²) >= 11 is 5.61. The van der Waals surface area contributed by atoms with Gasteiger partial charge < -0.3 is 9.80 Å². The number of rotatable bonds is 5. The monoisotopic (exact) mass is 475 g/mol. The second-order valence-corrected chi connectivity index (χ2v) is 9.11. The van der Waals surface area contributed by atoms with Gasteiger partial charge in [-0.05, 0) is 63.0 Å². The zero-order valence-electron chi connectivity index (χ0n) is 18.5. The fourth-order valence-electron chi connectivity index (χ4n) is 4.72. The van der Waals surface area contributed by atoms with Crippen molar-refractivity contribution < 1.29 is 18.4 Å². The van der Waals surface area contributed by atoms with Crippen molar-refractivity contribution >= 4 is 29.1 Å². The van der Waals surface area contributed by atoms with Gasteiger partial charge in [0, 0.05) is 24.8 Å². The minimum atomic E-state index is -0.837. The van der Waals surface area contributed by atoms with Gasteiger partial charge in [-0.3, -0.25) is 14.5 Å². The highest BCUT2D eigenvalue weighted by molar-refractivity contribution is 6.30. The van der Waals surface area contributed by atoms with E-state index >= 15 is 0 Å². The van der Waals surface area contributed by atoms with Gasteiger partial charge >= 0.3 is 0 Å². The molecule has 0 aromatic heterocycles. The number of nitrogens with zero attached hydrogens (tertiary/aromatic N) is 3. The SMILES string of the molecule is O=C(c1cc(F)c(Cl)cc1F)N1CCC(N(C(=O)CN2CCCCC2)c2ccccc2)CC1. The van der Waals surface area contributed by atoms with Crippen LogP contribution in [0.4, 0.5) is 14.5 Å². The van der Waals surface area contributed by atoms with Gasteiger partial charge in [-0.1, -0.05) is 36.2 Å². The molecule has 2 fully saturated rings. The average Bonchev–Trinajstić information content (AvgIpc) is 2.83. The number of benzene rings is 2. The molecule has 0 spiro atoms. The zero-order chi connectivity index (χ0) is 23.4. The van der Waals surface area contributed by atoms with E-state index in [0.717, 1.165) is 43.8 Å². The minimum absolute atomic E-state index is 0.0543. The first-order valence-corrected chi connectivity index (χ1v) is 11.8. The maximum atomic E-state index is 14.2. The van der Waals surface area contributed by atoms with Crippen molar-refractivity contribution in [3.63, 3.8) is 0 Å². The van der Waals surface area contributed by atoms with E-state index in [1.807, 2.05) is 35.2 Å². The molecule has 0 atom stereocenters. The molecular weight excluding hydrogens is 448 g/mol. The standard InChI is InChI=1S/C25H28ClF2N3O2/c26-21-16-22(27)20(15-23(21)28)25(33)30-13-9-19(10-14-30)31(18-7-3-1-4-8-18)24(32)17-29-11-5-2-6-12-29/h1,3-4,7-8,15-16,19H,2,5-6,9-14,17H2. The zero-order valence-corrected chi connectivity index (χ0v) is 19.2. The number of para-hydroxylation sites is 1. The average molecular weight is 476 g/mol. The van der Waals surface area contributed by atoms with Gasteiger partial charge in [0.2, 0.25) is 5.91 Å². The van der Waals surface area contributed by atoms with Crippen LogP contribution in [0.2, 0.25) is 5.02 Å². The Hall–Kier alpha value is -2.51. The van der Waals surface area contributed by atoms with E-state index in [0.29, 0.717) is 32.5 Å².